The third-order valence-electron chi connectivity index (χ3n) is 2.82. The number of carbonyl (C=O) groups excluding carboxylic acids is 1. The molecule has 0 aromatic heterocycles. The van der Waals surface area contributed by atoms with Crippen LogP contribution >= 0.6 is 11.6 Å². The van der Waals surface area contributed by atoms with Crippen molar-refractivity contribution in [1.29, 1.82) is 0 Å². The van der Waals surface area contributed by atoms with Gasteiger partial charge in [0.1, 0.15) is 11.8 Å². The van der Waals surface area contributed by atoms with Gasteiger partial charge in [-0.2, -0.15) is 0 Å². The molecule has 0 fully saturated rings. The largest absolute Gasteiger partial charge is 0.495 e. The van der Waals surface area contributed by atoms with Gasteiger partial charge in [0.25, 0.3) is 0 Å². The van der Waals surface area contributed by atoms with Crippen molar-refractivity contribution >= 4 is 29.2 Å². The first-order valence-electron chi connectivity index (χ1n) is 6.57. The van der Waals surface area contributed by atoms with Crippen LogP contribution in [-0.4, -0.2) is 36.7 Å². The molecule has 1 aromatic carbocycles. The summed E-state index contributed by atoms with van der Waals surface area (Å²) < 4.78 is 5.12. The van der Waals surface area contributed by atoms with Crippen LogP contribution < -0.4 is 15.4 Å². The van der Waals surface area contributed by atoms with Crippen LogP contribution in [0.3, 0.4) is 0 Å². The molecule has 0 aliphatic carbocycles. The van der Waals surface area contributed by atoms with Crippen LogP contribution in [0.1, 0.15) is 19.8 Å². The number of halogens is 1. The molecule has 1 amide bonds. The molecule has 1 atom stereocenters. The third-order valence-corrected chi connectivity index (χ3v) is 3.06. The van der Waals surface area contributed by atoms with Crippen LogP contribution in [0.25, 0.3) is 0 Å². The Morgan fingerprint density at radius 1 is 1.43 bits per heavy atom. The molecule has 0 saturated carbocycles. The van der Waals surface area contributed by atoms with Crippen molar-refractivity contribution < 1.29 is 19.4 Å². The number of carboxylic acids is 1. The summed E-state index contributed by atoms with van der Waals surface area (Å²) in [5.41, 5.74) is 0.444. The van der Waals surface area contributed by atoms with E-state index >= 15 is 0 Å². The fourth-order valence-electron chi connectivity index (χ4n) is 1.79. The van der Waals surface area contributed by atoms with E-state index in [2.05, 4.69) is 10.6 Å². The van der Waals surface area contributed by atoms with Crippen LogP contribution in [0.5, 0.6) is 5.75 Å². The molecule has 1 aromatic rings. The van der Waals surface area contributed by atoms with Crippen molar-refractivity contribution in [2.24, 2.45) is 0 Å². The Hall–Kier alpha value is -1.79. The number of carboxylic acid groups (broad SMARTS) is 1. The highest BCUT2D eigenvalue weighted by atomic mass is 35.5. The molecule has 0 spiro atoms. The van der Waals surface area contributed by atoms with Gasteiger partial charge in [0.05, 0.1) is 19.3 Å². The van der Waals surface area contributed by atoms with Gasteiger partial charge in [-0.15, -0.1) is 0 Å². The molecule has 0 bridgehead atoms. The van der Waals surface area contributed by atoms with E-state index in [-0.39, 0.29) is 12.5 Å². The van der Waals surface area contributed by atoms with Crippen molar-refractivity contribution in [2.75, 3.05) is 19.0 Å². The van der Waals surface area contributed by atoms with E-state index in [9.17, 15) is 9.59 Å². The van der Waals surface area contributed by atoms with Gasteiger partial charge < -0.3 is 15.2 Å². The molecule has 1 unspecified atom stereocenters. The smallest absolute Gasteiger partial charge is 0.320 e. The summed E-state index contributed by atoms with van der Waals surface area (Å²) >= 11 is 5.87. The zero-order valence-electron chi connectivity index (χ0n) is 12.0. The number of ether oxygens (including phenoxy) is 1. The molecule has 21 heavy (non-hydrogen) atoms. The van der Waals surface area contributed by atoms with Gasteiger partial charge in [0, 0.05) is 5.02 Å². The molecular formula is C14H19ClN2O4. The maximum absolute atomic E-state index is 11.9. The summed E-state index contributed by atoms with van der Waals surface area (Å²) in [6, 6.07) is 4.12. The number of nitrogens with one attached hydrogen (secondary N) is 2. The predicted octanol–water partition coefficient (Wildman–Crippen LogP) is 2.13. The van der Waals surface area contributed by atoms with Crippen LogP contribution in [-0.2, 0) is 9.59 Å². The summed E-state index contributed by atoms with van der Waals surface area (Å²) in [4.78, 5) is 22.8. The summed E-state index contributed by atoms with van der Waals surface area (Å²) in [5, 5.41) is 14.8. The van der Waals surface area contributed by atoms with Gasteiger partial charge in [-0.25, -0.2) is 0 Å². The van der Waals surface area contributed by atoms with Crippen LogP contribution in [0.4, 0.5) is 5.69 Å². The number of hydrogen-bond acceptors (Lipinski definition) is 4. The molecule has 116 valence electrons. The monoisotopic (exact) mass is 314 g/mol. The number of hydrogen-bond donors (Lipinski definition) is 3. The molecule has 3 N–H and O–H groups in total. The average molecular weight is 315 g/mol. The molecule has 1 rings (SSSR count). The van der Waals surface area contributed by atoms with Gasteiger partial charge in [0.2, 0.25) is 5.91 Å². The van der Waals surface area contributed by atoms with E-state index in [1.165, 1.54) is 7.11 Å². The van der Waals surface area contributed by atoms with Gasteiger partial charge in [-0.05, 0) is 24.6 Å². The number of methoxy groups -OCH3 is 1. The summed E-state index contributed by atoms with van der Waals surface area (Å²) in [6.07, 6.45) is 1.18. The molecule has 0 heterocycles. The molecule has 6 nitrogen and oxygen atoms in total. The zero-order chi connectivity index (χ0) is 15.8. The van der Waals surface area contributed by atoms with Crippen molar-refractivity contribution in [3.63, 3.8) is 0 Å². The summed E-state index contributed by atoms with van der Waals surface area (Å²) in [7, 11) is 1.48. The van der Waals surface area contributed by atoms with E-state index in [4.69, 9.17) is 21.4 Å². The SMILES string of the molecule is CCCC(NCC(=O)Nc1cc(Cl)ccc1OC)C(=O)O. The fraction of sp³-hybridized carbons (Fsp3) is 0.429. The standard InChI is InChI=1S/C14H19ClN2O4/c1-3-4-10(14(19)20)16-8-13(18)17-11-7-9(15)5-6-12(11)21-2/h5-7,10,16H,3-4,8H2,1-2H3,(H,17,18)(H,19,20). The van der Waals surface area contributed by atoms with E-state index in [0.29, 0.717) is 29.3 Å². The lowest BCUT2D eigenvalue weighted by molar-refractivity contribution is -0.139. The van der Waals surface area contributed by atoms with E-state index in [1.807, 2.05) is 6.92 Å². The normalized spacial score (nSPS) is 11.8. The number of carbonyl (C=O) groups is 2. The van der Waals surface area contributed by atoms with E-state index < -0.39 is 12.0 Å². The Bertz CT molecular complexity index is 508. The zero-order valence-corrected chi connectivity index (χ0v) is 12.7. The summed E-state index contributed by atoms with van der Waals surface area (Å²) in [6.45, 7) is 1.78. The molecule has 0 aliphatic heterocycles. The lowest BCUT2D eigenvalue weighted by Crippen LogP contribution is -2.41. The van der Waals surface area contributed by atoms with Crippen LogP contribution in [0.2, 0.25) is 5.02 Å². The predicted molar refractivity (Wildman–Crippen MR) is 81.0 cm³/mol. The first-order chi connectivity index (χ1) is 9.97. The highest BCUT2D eigenvalue weighted by Gasteiger charge is 2.17. The Balaban J connectivity index is 2.61. The first-order valence-corrected chi connectivity index (χ1v) is 6.95. The Morgan fingerprint density at radius 2 is 2.14 bits per heavy atom. The number of anilines is 1. The second kappa shape index (κ2) is 8.49. The van der Waals surface area contributed by atoms with Crippen molar-refractivity contribution in [2.45, 2.75) is 25.8 Å². The van der Waals surface area contributed by atoms with E-state index in [1.54, 1.807) is 18.2 Å². The number of amides is 1. The minimum atomic E-state index is -0.968. The van der Waals surface area contributed by atoms with Gasteiger partial charge in [0.15, 0.2) is 0 Å². The maximum atomic E-state index is 11.9. The van der Waals surface area contributed by atoms with Crippen LogP contribution in [0.15, 0.2) is 18.2 Å². The van der Waals surface area contributed by atoms with Crippen LogP contribution in [0, 0.1) is 0 Å². The molecule has 0 saturated heterocycles. The lowest BCUT2D eigenvalue weighted by Gasteiger charge is -2.14. The van der Waals surface area contributed by atoms with E-state index in [0.717, 1.165) is 0 Å². The Labute approximate surface area is 128 Å². The van der Waals surface area contributed by atoms with Gasteiger partial charge >= 0.3 is 5.97 Å². The average Bonchev–Trinajstić information content (AvgIpc) is 2.43. The number of aliphatic carboxylic acids is 1. The molecule has 0 aliphatic rings. The summed E-state index contributed by atoms with van der Waals surface area (Å²) in [5.74, 6) is -0.848. The van der Waals surface area contributed by atoms with Gasteiger partial charge in [-0.1, -0.05) is 24.9 Å². The number of rotatable bonds is 8. The minimum absolute atomic E-state index is 0.105. The van der Waals surface area contributed by atoms with Crippen molar-refractivity contribution in [3.05, 3.63) is 23.2 Å². The maximum Gasteiger partial charge on any atom is 0.320 e. The van der Waals surface area contributed by atoms with Crippen molar-refractivity contribution in [3.8, 4) is 5.75 Å². The topological polar surface area (TPSA) is 87.7 Å². The highest BCUT2D eigenvalue weighted by Crippen LogP contribution is 2.27. The van der Waals surface area contributed by atoms with Gasteiger partial charge in [-0.3, -0.25) is 14.9 Å². The second-order valence-corrected chi connectivity index (χ2v) is 4.89. The van der Waals surface area contributed by atoms with Crippen molar-refractivity contribution in [1.82, 2.24) is 5.32 Å². The second-order valence-electron chi connectivity index (χ2n) is 4.45. The third kappa shape index (κ3) is 5.61. The quantitative estimate of drug-likeness (QED) is 0.684. The highest BCUT2D eigenvalue weighted by molar-refractivity contribution is 6.31. The number of benzene rings is 1. The minimum Gasteiger partial charge on any atom is -0.495 e. The first kappa shape index (κ1) is 17.3. The fourth-order valence-corrected chi connectivity index (χ4v) is 1.96. The molecule has 0 radical (unpaired) electrons. The Kier molecular flexibility index (Phi) is 6.98. The Morgan fingerprint density at radius 3 is 2.71 bits per heavy atom. The lowest BCUT2D eigenvalue weighted by atomic mass is 10.1. The molecular weight excluding hydrogens is 296 g/mol. The molecule has 7 heteroatoms.